The number of ether oxygens (including phenoxy) is 1. The minimum Gasteiger partial charge on any atom is -0.443 e. The first-order chi connectivity index (χ1) is 16.2. The number of carbonyl (C=O) groups excluding carboxylic acids is 2. The molecule has 0 saturated heterocycles. The molecule has 13 heteroatoms. The summed E-state index contributed by atoms with van der Waals surface area (Å²) in [7, 11) is -2.82. The Bertz CT molecular complexity index is 1270. The van der Waals surface area contributed by atoms with Gasteiger partial charge < -0.3 is 21.2 Å². The predicted molar refractivity (Wildman–Crippen MR) is 136 cm³/mol. The fraction of sp³-hybridized carbons (Fsp3) is 0.455. The smallest absolute Gasteiger partial charge is 0.415 e. The van der Waals surface area contributed by atoms with Crippen LogP contribution in [0.4, 0.5) is 20.6 Å². The summed E-state index contributed by atoms with van der Waals surface area (Å²) in [5, 5.41) is 10.9. The zero-order valence-corrected chi connectivity index (χ0v) is 22.0. The van der Waals surface area contributed by atoms with E-state index in [0.717, 1.165) is 21.9 Å². The number of fused-ring (bicyclic) bond motifs is 1. The summed E-state index contributed by atoms with van der Waals surface area (Å²) in [5.74, 6) is -0.593. The van der Waals surface area contributed by atoms with Gasteiger partial charge >= 0.3 is 6.09 Å². The van der Waals surface area contributed by atoms with Gasteiger partial charge in [0.1, 0.15) is 15.5 Å². The number of sulfonamides is 1. The number of aryl methyl sites for hydroxylation is 2. The van der Waals surface area contributed by atoms with E-state index in [-0.39, 0.29) is 21.3 Å². The molecule has 1 aromatic heterocycles. The summed E-state index contributed by atoms with van der Waals surface area (Å²) in [6.07, 6.45) is 1.86. The van der Waals surface area contributed by atoms with Crippen molar-refractivity contribution in [2.75, 3.05) is 36.1 Å². The monoisotopic (exact) mass is 522 g/mol. The van der Waals surface area contributed by atoms with Crippen molar-refractivity contribution in [1.29, 1.82) is 5.41 Å². The molecule has 0 saturated carbocycles. The maximum atomic E-state index is 13.1. The Balaban J connectivity index is 1.74. The van der Waals surface area contributed by atoms with Crippen LogP contribution in [-0.2, 0) is 26.0 Å². The van der Waals surface area contributed by atoms with Crippen LogP contribution < -0.4 is 16.0 Å². The van der Waals surface area contributed by atoms with Crippen molar-refractivity contribution >= 4 is 55.4 Å². The average Bonchev–Trinajstić information content (AvgIpc) is 3.15. The van der Waals surface area contributed by atoms with Crippen LogP contribution in [0.2, 0.25) is 0 Å². The number of rotatable bonds is 6. The molecule has 0 aliphatic carbocycles. The van der Waals surface area contributed by atoms with Gasteiger partial charge in [0.15, 0.2) is 5.13 Å². The number of aromatic nitrogens is 1. The van der Waals surface area contributed by atoms with Gasteiger partial charge in [-0.2, -0.15) is 4.31 Å². The maximum absolute atomic E-state index is 13.1. The normalized spacial score (nSPS) is 13.9. The highest BCUT2D eigenvalue weighted by atomic mass is 32.2. The number of nitrogens with one attached hydrogen (secondary N) is 2. The van der Waals surface area contributed by atoms with E-state index in [1.54, 1.807) is 33.8 Å². The Morgan fingerprint density at radius 3 is 2.69 bits per heavy atom. The van der Waals surface area contributed by atoms with Gasteiger partial charge in [0.2, 0.25) is 15.9 Å². The van der Waals surface area contributed by atoms with Crippen molar-refractivity contribution in [2.45, 2.75) is 51.0 Å². The molecule has 0 spiro atoms. The fourth-order valence-electron chi connectivity index (χ4n) is 3.51. The lowest BCUT2D eigenvalue weighted by atomic mass is 10.1. The van der Waals surface area contributed by atoms with Gasteiger partial charge in [0.05, 0.1) is 17.9 Å². The minimum atomic E-state index is -4.09. The second kappa shape index (κ2) is 9.91. The van der Waals surface area contributed by atoms with Crippen LogP contribution in [0.1, 0.15) is 44.0 Å². The van der Waals surface area contributed by atoms with E-state index in [9.17, 15) is 18.0 Å². The Morgan fingerprint density at radius 1 is 1.37 bits per heavy atom. The van der Waals surface area contributed by atoms with Crippen LogP contribution in [0.3, 0.4) is 0 Å². The molecule has 2 amide bonds. The molecule has 1 aromatic carbocycles. The van der Waals surface area contributed by atoms with Crippen molar-refractivity contribution in [1.82, 2.24) is 9.29 Å². The Kier molecular flexibility index (Phi) is 7.53. The lowest BCUT2D eigenvalue weighted by Gasteiger charge is -2.28. The van der Waals surface area contributed by atoms with E-state index in [4.69, 9.17) is 15.9 Å². The van der Waals surface area contributed by atoms with E-state index in [1.807, 2.05) is 0 Å². The highest BCUT2D eigenvalue weighted by molar-refractivity contribution is 7.89. The first-order valence-corrected chi connectivity index (χ1v) is 13.2. The summed E-state index contributed by atoms with van der Waals surface area (Å²) in [6, 6.07) is 3.02. The lowest BCUT2D eigenvalue weighted by molar-refractivity contribution is -0.116. The topological polar surface area (TPSA) is 159 Å². The van der Waals surface area contributed by atoms with Crippen LogP contribution in [-0.4, -0.2) is 61.7 Å². The molecule has 190 valence electrons. The molecule has 0 bridgehead atoms. The molecule has 0 atom stereocenters. The molecule has 2 aromatic rings. The molecule has 11 nitrogen and oxygen atoms in total. The number of thiazole rings is 1. The quantitative estimate of drug-likeness (QED) is 0.388. The zero-order valence-electron chi connectivity index (χ0n) is 20.3. The molecule has 0 fully saturated rings. The second-order valence-electron chi connectivity index (χ2n) is 9.23. The number of nitrogens with zero attached hydrogens (tertiary/aromatic N) is 3. The average molecular weight is 523 g/mol. The number of nitrogen functional groups attached to an aromatic ring is 1. The number of anilines is 3. The first kappa shape index (κ1) is 26.6. The standard InChI is InChI=1S/C22H30N6O5S2/c1-13-9-14(11-23)18(24)16(10-13)35(31,32)27(5)12-17(29)26-20-25-15-7-6-8-28(19(15)34-20)21(30)33-22(2,3)4/h9-11,23H,6-8,12,24H2,1-5H3,(H,25,26,29). The number of hydrogen-bond acceptors (Lipinski definition) is 9. The number of likely N-dealkylation sites (N-methyl/N-ethyl adjacent to an activating group) is 1. The predicted octanol–water partition coefficient (Wildman–Crippen LogP) is 2.98. The SMILES string of the molecule is Cc1cc(C=N)c(N)c(S(=O)(=O)N(C)CC(=O)Nc2nc3c(s2)N(C(=O)OC(C)(C)C)CCC3)c1. The van der Waals surface area contributed by atoms with Crippen molar-refractivity contribution in [3.63, 3.8) is 0 Å². The maximum Gasteiger partial charge on any atom is 0.415 e. The molecular formula is C22H30N6O5S2. The van der Waals surface area contributed by atoms with Gasteiger partial charge in [0.25, 0.3) is 0 Å². The van der Waals surface area contributed by atoms with E-state index in [0.29, 0.717) is 35.6 Å². The van der Waals surface area contributed by atoms with Crippen LogP contribution in [0.5, 0.6) is 0 Å². The summed E-state index contributed by atoms with van der Waals surface area (Å²) in [4.78, 5) is 31.0. The molecule has 35 heavy (non-hydrogen) atoms. The highest BCUT2D eigenvalue weighted by Gasteiger charge is 2.31. The van der Waals surface area contributed by atoms with E-state index >= 15 is 0 Å². The number of carbonyl (C=O) groups is 2. The Hall–Kier alpha value is -3.03. The minimum absolute atomic E-state index is 0.0484. The lowest BCUT2D eigenvalue weighted by Crippen LogP contribution is -2.39. The van der Waals surface area contributed by atoms with Crippen molar-refractivity contribution in [2.24, 2.45) is 0 Å². The molecule has 0 radical (unpaired) electrons. The third-order valence-electron chi connectivity index (χ3n) is 5.11. The van der Waals surface area contributed by atoms with Crippen LogP contribution in [0, 0.1) is 12.3 Å². The number of benzene rings is 1. The third kappa shape index (κ3) is 5.97. The molecule has 1 aliphatic heterocycles. The van der Waals surface area contributed by atoms with Crippen LogP contribution >= 0.6 is 11.3 Å². The largest absolute Gasteiger partial charge is 0.443 e. The molecule has 4 N–H and O–H groups in total. The molecule has 0 unspecified atom stereocenters. The molecule has 3 rings (SSSR count). The molecule has 1 aliphatic rings. The molecular weight excluding hydrogens is 492 g/mol. The summed E-state index contributed by atoms with van der Waals surface area (Å²) >= 11 is 1.14. The summed E-state index contributed by atoms with van der Waals surface area (Å²) in [5.41, 5.74) is 6.85. The Labute approximate surface area is 208 Å². The van der Waals surface area contributed by atoms with Crippen LogP contribution in [0.25, 0.3) is 0 Å². The second-order valence-corrected chi connectivity index (χ2v) is 12.2. The van der Waals surface area contributed by atoms with Gasteiger partial charge in [-0.05, 0) is 58.2 Å². The number of amides is 2. The summed E-state index contributed by atoms with van der Waals surface area (Å²) < 4.78 is 32.5. The van der Waals surface area contributed by atoms with E-state index < -0.39 is 34.2 Å². The Morgan fingerprint density at radius 2 is 2.06 bits per heavy atom. The highest BCUT2D eigenvalue weighted by Crippen LogP contribution is 2.36. The van der Waals surface area contributed by atoms with Gasteiger partial charge in [-0.1, -0.05) is 11.3 Å². The van der Waals surface area contributed by atoms with Crippen molar-refractivity contribution in [3.05, 3.63) is 29.0 Å². The summed E-state index contributed by atoms with van der Waals surface area (Å²) in [6.45, 7) is 7.06. The van der Waals surface area contributed by atoms with E-state index in [1.165, 1.54) is 18.0 Å². The molecule has 2 heterocycles. The first-order valence-electron chi connectivity index (χ1n) is 10.9. The van der Waals surface area contributed by atoms with Gasteiger partial charge in [-0.25, -0.2) is 18.2 Å². The van der Waals surface area contributed by atoms with Crippen molar-refractivity contribution < 1.29 is 22.7 Å². The van der Waals surface area contributed by atoms with Gasteiger partial charge in [-0.15, -0.1) is 0 Å². The van der Waals surface area contributed by atoms with Gasteiger partial charge in [-0.3, -0.25) is 9.69 Å². The van der Waals surface area contributed by atoms with Crippen molar-refractivity contribution in [3.8, 4) is 0 Å². The fourth-order valence-corrected chi connectivity index (χ4v) is 5.91. The number of nitrogens with two attached hydrogens (primary N) is 1. The zero-order chi connectivity index (χ0) is 26.1. The number of hydrogen-bond donors (Lipinski definition) is 3. The van der Waals surface area contributed by atoms with E-state index in [2.05, 4.69) is 10.3 Å². The van der Waals surface area contributed by atoms with Gasteiger partial charge in [0, 0.05) is 25.4 Å². The third-order valence-corrected chi connectivity index (χ3v) is 7.99. The van der Waals surface area contributed by atoms with Crippen LogP contribution in [0.15, 0.2) is 17.0 Å².